The lowest BCUT2D eigenvalue weighted by Gasteiger charge is -2.49. The molecular weight excluding hydrogens is 538 g/mol. The minimum absolute atomic E-state index is 0.00287. The number of fused-ring (bicyclic) bond motifs is 4. The number of epoxide rings is 1. The number of aromatic hydroxyl groups is 1. The molecule has 6 rings (SSSR count). The molecule has 220 valence electrons. The zero-order valence-corrected chi connectivity index (χ0v) is 24.8. The predicted octanol–water partition coefficient (Wildman–Crippen LogP) is 4.30. The Labute approximate surface area is 243 Å². The lowest BCUT2D eigenvalue weighted by Crippen LogP contribution is -2.59. The Morgan fingerprint density at radius 3 is 2.43 bits per heavy atom. The molecule has 2 N–H and O–H groups in total. The third-order valence-electron chi connectivity index (χ3n) is 9.49. The minimum Gasteiger partial charge on any atom is -0.507 e. The first-order chi connectivity index (χ1) is 19.7. The Morgan fingerprint density at radius 2 is 1.76 bits per heavy atom. The molecule has 9 heteroatoms. The number of ether oxygens (including phenoxy) is 2. The topological polar surface area (TPSA) is 130 Å². The molecule has 0 amide bonds. The molecule has 0 bridgehead atoms. The molecule has 3 aromatic rings. The number of benzene rings is 2. The summed E-state index contributed by atoms with van der Waals surface area (Å²) in [5.74, 6) is -1.17. The van der Waals surface area contributed by atoms with Gasteiger partial charge in [0.15, 0.2) is 16.8 Å². The monoisotopic (exact) mass is 573 g/mol. The van der Waals surface area contributed by atoms with E-state index in [1.165, 1.54) is 18.2 Å². The van der Waals surface area contributed by atoms with E-state index >= 15 is 0 Å². The molecule has 1 aliphatic carbocycles. The summed E-state index contributed by atoms with van der Waals surface area (Å²) in [5.41, 5.74) is -1.08. The molecule has 9 nitrogen and oxygen atoms in total. The highest BCUT2D eigenvalue weighted by Crippen LogP contribution is 2.49. The first-order valence-electron chi connectivity index (χ1n) is 14.1. The maximum absolute atomic E-state index is 14.2. The van der Waals surface area contributed by atoms with Crippen molar-refractivity contribution >= 4 is 22.5 Å². The first kappa shape index (κ1) is 28.5. The molecular formula is C33H35NO8. The van der Waals surface area contributed by atoms with E-state index in [0.717, 1.165) is 0 Å². The van der Waals surface area contributed by atoms with Gasteiger partial charge in [-0.1, -0.05) is 18.2 Å². The first-order valence-corrected chi connectivity index (χ1v) is 14.1. The van der Waals surface area contributed by atoms with E-state index in [2.05, 4.69) is 0 Å². The van der Waals surface area contributed by atoms with Gasteiger partial charge in [0.1, 0.15) is 23.2 Å². The van der Waals surface area contributed by atoms with Crippen molar-refractivity contribution in [1.82, 2.24) is 4.90 Å². The zero-order chi connectivity index (χ0) is 30.5. The van der Waals surface area contributed by atoms with Crippen molar-refractivity contribution in [3.63, 3.8) is 0 Å². The molecule has 1 aromatic heterocycles. The maximum atomic E-state index is 14.2. The van der Waals surface area contributed by atoms with E-state index in [1.54, 1.807) is 26.8 Å². The van der Waals surface area contributed by atoms with Gasteiger partial charge in [-0.05, 0) is 72.8 Å². The van der Waals surface area contributed by atoms with E-state index in [4.69, 9.17) is 13.9 Å². The van der Waals surface area contributed by atoms with E-state index in [0.29, 0.717) is 17.5 Å². The third kappa shape index (κ3) is 3.87. The van der Waals surface area contributed by atoms with Gasteiger partial charge in [-0.2, -0.15) is 0 Å². The summed E-state index contributed by atoms with van der Waals surface area (Å²) in [6.07, 6.45) is 1.76. The molecule has 6 atom stereocenters. The third-order valence-corrected chi connectivity index (χ3v) is 9.49. The largest absolute Gasteiger partial charge is 0.507 e. The number of rotatable bonds is 4. The van der Waals surface area contributed by atoms with Crippen LogP contribution in [0.3, 0.4) is 0 Å². The van der Waals surface area contributed by atoms with Gasteiger partial charge < -0.3 is 29.0 Å². The summed E-state index contributed by atoms with van der Waals surface area (Å²) < 4.78 is 18.2. The van der Waals surface area contributed by atoms with Crippen LogP contribution in [0.5, 0.6) is 5.75 Å². The Balaban J connectivity index is 1.52. The van der Waals surface area contributed by atoms with Crippen LogP contribution >= 0.6 is 0 Å². The average Bonchev–Trinajstić information content (AvgIpc) is 3.59. The van der Waals surface area contributed by atoms with Crippen molar-refractivity contribution in [3.05, 3.63) is 85.8 Å². The van der Waals surface area contributed by atoms with Gasteiger partial charge in [-0.3, -0.25) is 14.4 Å². The second kappa shape index (κ2) is 9.44. The van der Waals surface area contributed by atoms with Crippen LogP contribution in [-0.2, 0) is 15.1 Å². The number of likely N-dealkylation sites (N-methyl/N-ethyl adjacent to an activating group) is 1. The summed E-state index contributed by atoms with van der Waals surface area (Å²) in [7, 11) is 3.74. The van der Waals surface area contributed by atoms with Gasteiger partial charge in [-0.25, -0.2) is 0 Å². The number of ketones is 2. The standard InChI is InChI=1S/C33H35NO8/c1-8-9-22-33(5,42-22)23-13-20(35)24-15(2)12-19-26(30(24)41-23)29(38)25-18(27(19)36)11-10-17(28(25)37)21-14-32(4,34(6)7)31(39)16(3)40-21/h8-13,16,21-22,31,37,39H,14H2,1-7H3. The van der Waals surface area contributed by atoms with Crippen LogP contribution in [-0.4, -0.2) is 64.6 Å². The van der Waals surface area contributed by atoms with Crippen LogP contribution in [0.25, 0.3) is 11.0 Å². The number of allylic oxidation sites excluding steroid dienone is 1. The molecule has 42 heavy (non-hydrogen) atoms. The number of aliphatic hydroxyl groups excluding tert-OH is 1. The summed E-state index contributed by atoms with van der Waals surface area (Å²) in [5, 5.41) is 22.7. The maximum Gasteiger partial charge on any atom is 0.202 e. The highest BCUT2D eigenvalue weighted by Gasteiger charge is 2.55. The van der Waals surface area contributed by atoms with Crippen LogP contribution in [0.15, 0.2) is 45.6 Å². The van der Waals surface area contributed by atoms with Crippen LogP contribution < -0.4 is 5.43 Å². The summed E-state index contributed by atoms with van der Waals surface area (Å²) in [4.78, 5) is 43.3. The van der Waals surface area contributed by atoms with Gasteiger partial charge in [0.25, 0.3) is 0 Å². The minimum atomic E-state index is -0.885. The van der Waals surface area contributed by atoms with Crippen LogP contribution in [0.4, 0.5) is 0 Å². The number of carbonyl (C=O) groups excluding carboxylic acids is 2. The van der Waals surface area contributed by atoms with Gasteiger partial charge >= 0.3 is 0 Å². The molecule has 0 saturated carbocycles. The Morgan fingerprint density at radius 1 is 1.05 bits per heavy atom. The normalized spacial score (nSPS) is 30.7. The van der Waals surface area contributed by atoms with Crippen molar-refractivity contribution in [2.75, 3.05) is 14.1 Å². The fourth-order valence-electron chi connectivity index (χ4n) is 6.57. The Kier molecular flexibility index (Phi) is 6.40. The van der Waals surface area contributed by atoms with Crippen molar-refractivity contribution in [1.29, 1.82) is 0 Å². The molecule has 3 aliphatic rings. The van der Waals surface area contributed by atoms with Crippen molar-refractivity contribution in [2.24, 2.45) is 0 Å². The van der Waals surface area contributed by atoms with Crippen molar-refractivity contribution in [2.45, 2.75) is 76.6 Å². The van der Waals surface area contributed by atoms with Crippen LogP contribution in [0, 0.1) is 6.92 Å². The summed E-state index contributed by atoms with van der Waals surface area (Å²) in [6, 6.07) is 6.05. The van der Waals surface area contributed by atoms with Gasteiger partial charge in [0.2, 0.25) is 5.78 Å². The number of hydrogen-bond donors (Lipinski definition) is 2. The smallest absolute Gasteiger partial charge is 0.202 e. The second-order valence-electron chi connectivity index (χ2n) is 12.3. The Bertz CT molecular complexity index is 1770. The average molecular weight is 574 g/mol. The number of phenolic OH excluding ortho intramolecular Hbond substituents is 1. The predicted molar refractivity (Wildman–Crippen MR) is 155 cm³/mol. The molecule has 6 unspecified atom stereocenters. The number of nitrogens with zero attached hydrogens (tertiary/aromatic N) is 1. The summed E-state index contributed by atoms with van der Waals surface area (Å²) >= 11 is 0. The molecule has 2 aliphatic heterocycles. The zero-order valence-electron chi connectivity index (χ0n) is 24.8. The number of carbonyl (C=O) groups is 2. The lowest BCUT2D eigenvalue weighted by molar-refractivity contribution is -0.176. The lowest BCUT2D eigenvalue weighted by atomic mass is 9.77. The SMILES string of the molecule is CC=CC1OC1(C)c1cc(=O)c2c(C)cc3c(c2o1)C(=O)c1c(ccc(C2CC(C)(N(C)C)C(O)C(C)O2)c1O)C3=O. The highest BCUT2D eigenvalue weighted by atomic mass is 16.6. The molecule has 0 spiro atoms. The fraction of sp³-hybridized carbons (Fsp3) is 0.424. The highest BCUT2D eigenvalue weighted by molar-refractivity contribution is 6.32. The van der Waals surface area contributed by atoms with Crippen LogP contribution in [0.1, 0.15) is 88.9 Å². The van der Waals surface area contributed by atoms with E-state index in [9.17, 15) is 24.6 Å². The molecule has 3 heterocycles. The number of phenols is 1. The quantitative estimate of drug-likeness (QED) is 0.271. The molecule has 0 radical (unpaired) electrons. The number of hydrogen-bond acceptors (Lipinski definition) is 9. The van der Waals surface area contributed by atoms with E-state index < -0.39 is 41.0 Å². The second-order valence-corrected chi connectivity index (χ2v) is 12.3. The van der Waals surface area contributed by atoms with Crippen LogP contribution in [0.2, 0.25) is 0 Å². The van der Waals surface area contributed by atoms with Crippen molar-refractivity contribution < 1.29 is 33.7 Å². The van der Waals surface area contributed by atoms with Gasteiger partial charge in [0, 0.05) is 28.3 Å². The molecule has 2 saturated heterocycles. The van der Waals surface area contributed by atoms with Crippen molar-refractivity contribution in [3.8, 4) is 5.75 Å². The number of aryl methyl sites for hydroxylation is 1. The van der Waals surface area contributed by atoms with E-state index in [-0.39, 0.29) is 56.3 Å². The summed E-state index contributed by atoms with van der Waals surface area (Å²) in [6.45, 7) is 9.04. The Hall–Kier alpha value is -3.63. The molecule has 2 aromatic carbocycles. The number of aliphatic hydroxyl groups is 1. The van der Waals surface area contributed by atoms with E-state index in [1.807, 2.05) is 45.0 Å². The van der Waals surface area contributed by atoms with Gasteiger partial charge in [0.05, 0.1) is 34.8 Å². The fourth-order valence-corrected chi connectivity index (χ4v) is 6.57. The molecule has 2 fully saturated rings. The van der Waals surface area contributed by atoms with Gasteiger partial charge in [-0.15, -0.1) is 0 Å².